The van der Waals surface area contributed by atoms with Crippen molar-refractivity contribution >= 4 is 10.0 Å². The Labute approximate surface area is 126 Å². The lowest BCUT2D eigenvalue weighted by Gasteiger charge is -2.33. The van der Waals surface area contributed by atoms with Crippen LogP contribution in [0.4, 0.5) is 4.39 Å². The average Bonchev–Trinajstić information content (AvgIpc) is 2.47. The molecule has 21 heavy (non-hydrogen) atoms. The SMILES string of the molecule is CC(C)C1CCN(S(=O)(=O)c2cc(CN)ccc2F)CC1. The summed E-state index contributed by atoms with van der Waals surface area (Å²) >= 11 is 0. The molecule has 0 aliphatic carbocycles. The van der Waals surface area contributed by atoms with Crippen LogP contribution in [0.25, 0.3) is 0 Å². The fourth-order valence-electron chi connectivity index (χ4n) is 2.79. The van der Waals surface area contributed by atoms with Gasteiger partial charge in [0.1, 0.15) is 10.7 Å². The molecule has 6 heteroatoms. The third kappa shape index (κ3) is 3.44. The molecule has 1 aliphatic heterocycles. The van der Waals surface area contributed by atoms with Crippen LogP contribution in [0.15, 0.2) is 23.1 Å². The largest absolute Gasteiger partial charge is 0.326 e. The standard InChI is InChI=1S/C15H23FN2O2S/c1-11(2)13-5-7-18(8-6-13)21(19,20)15-9-12(10-17)3-4-14(15)16/h3-4,9,11,13H,5-8,10,17H2,1-2H3. The first-order valence-corrected chi connectivity index (χ1v) is 8.79. The van der Waals surface area contributed by atoms with Crippen molar-refractivity contribution in [1.29, 1.82) is 0 Å². The first-order chi connectivity index (χ1) is 9.86. The van der Waals surface area contributed by atoms with Crippen LogP contribution >= 0.6 is 0 Å². The highest BCUT2D eigenvalue weighted by molar-refractivity contribution is 7.89. The number of nitrogens with two attached hydrogens (primary N) is 1. The zero-order chi connectivity index (χ0) is 15.6. The van der Waals surface area contributed by atoms with E-state index in [4.69, 9.17) is 5.73 Å². The quantitative estimate of drug-likeness (QED) is 0.928. The topological polar surface area (TPSA) is 63.4 Å². The molecular weight excluding hydrogens is 291 g/mol. The molecule has 0 unspecified atom stereocenters. The van der Waals surface area contributed by atoms with Gasteiger partial charge in [0, 0.05) is 19.6 Å². The third-order valence-corrected chi connectivity index (χ3v) is 6.20. The molecule has 1 aliphatic rings. The van der Waals surface area contributed by atoms with E-state index in [1.165, 1.54) is 22.5 Å². The van der Waals surface area contributed by atoms with E-state index in [9.17, 15) is 12.8 Å². The predicted octanol–water partition coefficient (Wildman–Crippen LogP) is 2.34. The Morgan fingerprint density at radius 2 is 1.95 bits per heavy atom. The number of hydrogen-bond donors (Lipinski definition) is 1. The van der Waals surface area contributed by atoms with E-state index in [1.54, 1.807) is 0 Å². The molecule has 118 valence electrons. The van der Waals surface area contributed by atoms with Crippen LogP contribution < -0.4 is 5.73 Å². The maximum atomic E-state index is 13.9. The Bertz CT molecular complexity index is 594. The summed E-state index contributed by atoms with van der Waals surface area (Å²) in [5, 5.41) is 0. The fraction of sp³-hybridized carbons (Fsp3) is 0.600. The van der Waals surface area contributed by atoms with E-state index in [-0.39, 0.29) is 11.4 Å². The summed E-state index contributed by atoms with van der Waals surface area (Å²) in [7, 11) is -3.77. The van der Waals surface area contributed by atoms with Gasteiger partial charge in [-0.2, -0.15) is 4.31 Å². The number of piperidine rings is 1. The normalized spacial score (nSPS) is 18.3. The van der Waals surface area contributed by atoms with Gasteiger partial charge in [0.15, 0.2) is 0 Å². The monoisotopic (exact) mass is 314 g/mol. The van der Waals surface area contributed by atoms with Crippen molar-refractivity contribution in [1.82, 2.24) is 4.31 Å². The number of hydrogen-bond acceptors (Lipinski definition) is 3. The third-order valence-electron chi connectivity index (χ3n) is 4.29. The molecule has 0 atom stereocenters. The summed E-state index contributed by atoms with van der Waals surface area (Å²) in [6.45, 7) is 5.41. The van der Waals surface area contributed by atoms with Crippen LogP contribution in [0.2, 0.25) is 0 Å². The molecule has 1 fully saturated rings. The predicted molar refractivity (Wildman–Crippen MR) is 80.6 cm³/mol. The molecule has 0 amide bonds. The van der Waals surface area contributed by atoms with Crippen molar-refractivity contribution < 1.29 is 12.8 Å². The van der Waals surface area contributed by atoms with Gasteiger partial charge in [-0.05, 0) is 42.4 Å². The Hall–Kier alpha value is -0.980. The second-order valence-electron chi connectivity index (χ2n) is 5.95. The first-order valence-electron chi connectivity index (χ1n) is 7.35. The molecule has 1 heterocycles. The van der Waals surface area contributed by atoms with Crippen molar-refractivity contribution in [3.05, 3.63) is 29.6 Å². The highest BCUT2D eigenvalue weighted by Gasteiger charge is 2.32. The summed E-state index contributed by atoms with van der Waals surface area (Å²) in [6, 6.07) is 4.04. The van der Waals surface area contributed by atoms with Crippen LogP contribution in [0, 0.1) is 17.7 Å². The number of halogens is 1. The van der Waals surface area contributed by atoms with E-state index in [2.05, 4.69) is 13.8 Å². The molecule has 0 aromatic heterocycles. The minimum atomic E-state index is -3.77. The lowest BCUT2D eigenvalue weighted by molar-refractivity contribution is 0.226. The zero-order valence-electron chi connectivity index (χ0n) is 12.5. The van der Waals surface area contributed by atoms with Crippen LogP contribution in [0.1, 0.15) is 32.3 Å². The van der Waals surface area contributed by atoms with Crippen molar-refractivity contribution in [2.45, 2.75) is 38.1 Å². The van der Waals surface area contributed by atoms with Crippen molar-refractivity contribution in [3.8, 4) is 0 Å². The number of benzene rings is 1. The summed E-state index contributed by atoms with van der Waals surface area (Å²) in [6.07, 6.45) is 1.66. The van der Waals surface area contributed by atoms with Gasteiger partial charge in [-0.3, -0.25) is 0 Å². The minimum Gasteiger partial charge on any atom is -0.326 e. The molecule has 2 N–H and O–H groups in total. The molecule has 0 saturated carbocycles. The summed E-state index contributed by atoms with van der Waals surface area (Å²) in [5.74, 6) is 0.377. The van der Waals surface area contributed by atoms with Crippen LogP contribution in [0.3, 0.4) is 0 Å². The number of rotatable bonds is 4. The van der Waals surface area contributed by atoms with Crippen LogP contribution in [-0.2, 0) is 16.6 Å². The number of sulfonamides is 1. The van der Waals surface area contributed by atoms with Gasteiger partial charge < -0.3 is 5.73 Å². The zero-order valence-corrected chi connectivity index (χ0v) is 13.4. The lowest BCUT2D eigenvalue weighted by atomic mass is 9.87. The van der Waals surface area contributed by atoms with Crippen molar-refractivity contribution in [2.24, 2.45) is 17.6 Å². The van der Waals surface area contributed by atoms with E-state index < -0.39 is 15.8 Å². The van der Waals surface area contributed by atoms with E-state index in [0.717, 1.165) is 12.8 Å². The number of nitrogens with zero attached hydrogens (tertiary/aromatic N) is 1. The molecule has 1 saturated heterocycles. The van der Waals surface area contributed by atoms with Gasteiger partial charge in [0.25, 0.3) is 0 Å². The fourth-order valence-corrected chi connectivity index (χ4v) is 4.38. The minimum absolute atomic E-state index is 0.193. The van der Waals surface area contributed by atoms with E-state index in [0.29, 0.717) is 30.5 Å². The van der Waals surface area contributed by atoms with Gasteiger partial charge in [-0.15, -0.1) is 0 Å². The molecule has 4 nitrogen and oxygen atoms in total. The van der Waals surface area contributed by atoms with Crippen molar-refractivity contribution in [2.75, 3.05) is 13.1 Å². The summed E-state index contributed by atoms with van der Waals surface area (Å²) in [5.41, 5.74) is 6.13. The highest BCUT2D eigenvalue weighted by Crippen LogP contribution is 2.29. The van der Waals surface area contributed by atoms with Crippen LogP contribution in [0.5, 0.6) is 0 Å². The maximum Gasteiger partial charge on any atom is 0.245 e. The lowest BCUT2D eigenvalue weighted by Crippen LogP contribution is -2.39. The smallest absolute Gasteiger partial charge is 0.245 e. The molecule has 2 rings (SSSR count). The van der Waals surface area contributed by atoms with Gasteiger partial charge in [0.05, 0.1) is 0 Å². The Balaban J connectivity index is 2.23. The van der Waals surface area contributed by atoms with Gasteiger partial charge in [-0.25, -0.2) is 12.8 Å². The van der Waals surface area contributed by atoms with E-state index >= 15 is 0 Å². The Morgan fingerprint density at radius 1 is 1.33 bits per heavy atom. The average molecular weight is 314 g/mol. The van der Waals surface area contributed by atoms with Crippen LogP contribution in [-0.4, -0.2) is 25.8 Å². The van der Waals surface area contributed by atoms with Gasteiger partial charge >= 0.3 is 0 Å². The summed E-state index contributed by atoms with van der Waals surface area (Å²) < 4.78 is 40.5. The Kier molecular flexibility index (Phi) is 5.01. The molecule has 1 aromatic rings. The van der Waals surface area contributed by atoms with Gasteiger partial charge in [0.2, 0.25) is 10.0 Å². The van der Waals surface area contributed by atoms with E-state index in [1.807, 2.05) is 0 Å². The molecule has 0 spiro atoms. The highest BCUT2D eigenvalue weighted by atomic mass is 32.2. The first kappa shape index (κ1) is 16.4. The second kappa shape index (κ2) is 6.42. The maximum absolute atomic E-state index is 13.9. The van der Waals surface area contributed by atoms with Crippen molar-refractivity contribution in [3.63, 3.8) is 0 Å². The summed E-state index contributed by atoms with van der Waals surface area (Å²) in [4.78, 5) is -0.256. The second-order valence-corrected chi connectivity index (χ2v) is 7.86. The molecule has 0 radical (unpaired) electrons. The molecular formula is C15H23FN2O2S. The Morgan fingerprint density at radius 3 is 2.48 bits per heavy atom. The molecule has 1 aromatic carbocycles. The van der Waals surface area contributed by atoms with Gasteiger partial charge in [-0.1, -0.05) is 19.9 Å². The molecule has 0 bridgehead atoms.